The van der Waals surface area contributed by atoms with E-state index in [4.69, 9.17) is 26.4 Å². The van der Waals surface area contributed by atoms with Crippen molar-refractivity contribution in [2.75, 3.05) is 43.6 Å². The third-order valence-electron chi connectivity index (χ3n) is 4.83. The van der Waals surface area contributed by atoms with Crippen molar-refractivity contribution in [1.82, 2.24) is 15.3 Å². The lowest BCUT2D eigenvalue weighted by atomic mass is 10.2. The largest absolute Gasteiger partial charge is 0.497 e. The highest BCUT2D eigenvalue weighted by molar-refractivity contribution is 7.80. The normalized spacial score (nSPS) is 13.3. The van der Waals surface area contributed by atoms with Gasteiger partial charge in [-0.2, -0.15) is 9.97 Å². The first-order valence-electron chi connectivity index (χ1n) is 10.3. The minimum absolute atomic E-state index is 0.368. The summed E-state index contributed by atoms with van der Waals surface area (Å²) in [5, 5.41) is 6.68. The van der Waals surface area contributed by atoms with Gasteiger partial charge in [0.1, 0.15) is 17.3 Å². The van der Waals surface area contributed by atoms with E-state index in [1.54, 1.807) is 7.11 Å². The third-order valence-corrected chi connectivity index (χ3v) is 5.07. The number of hydrogen-bond acceptors (Lipinski definition) is 7. The molecule has 1 aliphatic rings. The van der Waals surface area contributed by atoms with Gasteiger partial charge in [-0.05, 0) is 42.0 Å². The first-order chi connectivity index (χ1) is 15.7. The topological polar surface area (TPSA) is 80.8 Å². The molecule has 2 N–H and O–H groups in total. The maximum Gasteiger partial charge on any atom is 0.234 e. The van der Waals surface area contributed by atoms with E-state index in [0.29, 0.717) is 42.4 Å². The Hall–Kier alpha value is -3.43. The summed E-state index contributed by atoms with van der Waals surface area (Å²) in [7, 11) is 1.65. The predicted octanol–water partition coefficient (Wildman–Crippen LogP) is 3.60. The number of anilines is 2. The molecule has 166 valence electrons. The summed E-state index contributed by atoms with van der Waals surface area (Å²) in [5.41, 5.74) is 1.08. The van der Waals surface area contributed by atoms with E-state index in [-0.39, 0.29) is 0 Å². The van der Waals surface area contributed by atoms with Gasteiger partial charge < -0.3 is 29.7 Å². The molecule has 1 aliphatic heterocycles. The lowest BCUT2D eigenvalue weighted by Gasteiger charge is -2.28. The molecule has 1 aromatic heterocycles. The molecule has 9 heteroatoms. The Morgan fingerprint density at radius 1 is 1.03 bits per heavy atom. The number of para-hydroxylation sites is 1. The van der Waals surface area contributed by atoms with Crippen molar-refractivity contribution < 1.29 is 14.2 Å². The number of rotatable bonds is 7. The molecule has 4 rings (SSSR count). The van der Waals surface area contributed by atoms with E-state index in [9.17, 15) is 0 Å². The maximum absolute atomic E-state index is 5.96. The lowest BCUT2D eigenvalue weighted by molar-refractivity contribution is 0.122. The van der Waals surface area contributed by atoms with Crippen LogP contribution in [0.4, 0.5) is 11.8 Å². The van der Waals surface area contributed by atoms with Crippen LogP contribution in [0.2, 0.25) is 0 Å². The number of nitrogens with one attached hydrogen (secondary N) is 2. The van der Waals surface area contributed by atoms with Crippen molar-refractivity contribution in [1.29, 1.82) is 0 Å². The highest BCUT2D eigenvalue weighted by Gasteiger charge is 2.16. The summed E-state index contributed by atoms with van der Waals surface area (Å²) in [6.45, 7) is 3.38. The second-order valence-corrected chi connectivity index (χ2v) is 7.47. The molecule has 0 aliphatic carbocycles. The number of ether oxygens (including phenoxy) is 3. The van der Waals surface area contributed by atoms with Crippen LogP contribution >= 0.6 is 12.2 Å². The minimum atomic E-state index is 0.368. The van der Waals surface area contributed by atoms with E-state index in [0.717, 1.165) is 30.2 Å². The molecule has 2 aromatic carbocycles. The zero-order chi connectivity index (χ0) is 22.2. The van der Waals surface area contributed by atoms with Crippen LogP contribution in [0.15, 0.2) is 60.7 Å². The average Bonchev–Trinajstić information content (AvgIpc) is 2.84. The molecular formula is C23H25N5O3S. The van der Waals surface area contributed by atoms with E-state index >= 15 is 0 Å². The average molecular weight is 452 g/mol. The Labute approximate surface area is 192 Å². The van der Waals surface area contributed by atoms with Gasteiger partial charge >= 0.3 is 0 Å². The number of methoxy groups -OCH3 is 1. The molecule has 0 amide bonds. The number of thiocarbonyl (C=S) groups is 1. The smallest absolute Gasteiger partial charge is 0.234 e. The maximum atomic E-state index is 5.96. The van der Waals surface area contributed by atoms with Crippen LogP contribution in [-0.4, -0.2) is 48.5 Å². The van der Waals surface area contributed by atoms with Crippen molar-refractivity contribution in [3.05, 3.63) is 66.2 Å². The molecule has 8 nitrogen and oxygen atoms in total. The number of nitrogens with zero attached hydrogens (tertiary/aromatic N) is 3. The molecule has 1 fully saturated rings. The summed E-state index contributed by atoms with van der Waals surface area (Å²) < 4.78 is 16.6. The fourth-order valence-corrected chi connectivity index (χ4v) is 3.32. The van der Waals surface area contributed by atoms with Crippen LogP contribution in [0, 0.1) is 0 Å². The highest BCUT2D eigenvalue weighted by Crippen LogP contribution is 2.25. The van der Waals surface area contributed by atoms with Crippen molar-refractivity contribution in [3.8, 4) is 17.4 Å². The van der Waals surface area contributed by atoms with Crippen molar-refractivity contribution >= 4 is 29.1 Å². The van der Waals surface area contributed by atoms with E-state index in [2.05, 4.69) is 25.5 Å². The van der Waals surface area contributed by atoms with Crippen LogP contribution in [-0.2, 0) is 11.3 Å². The Morgan fingerprint density at radius 3 is 2.50 bits per heavy atom. The molecule has 1 saturated heterocycles. The Kier molecular flexibility index (Phi) is 7.31. The second-order valence-electron chi connectivity index (χ2n) is 7.06. The van der Waals surface area contributed by atoms with E-state index in [1.807, 2.05) is 60.7 Å². The first-order valence-corrected chi connectivity index (χ1v) is 10.7. The van der Waals surface area contributed by atoms with Gasteiger partial charge in [0.2, 0.25) is 11.8 Å². The van der Waals surface area contributed by atoms with Gasteiger partial charge in [-0.1, -0.05) is 30.3 Å². The molecule has 2 heterocycles. The zero-order valence-corrected chi connectivity index (χ0v) is 18.6. The summed E-state index contributed by atoms with van der Waals surface area (Å²) in [6.07, 6.45) is 0. The van der Waals surface area contributed by atoms with E-state index < -0.39 is 0 Å². The third kappa shape index (κ3) is 6.05. The van der Waals surface area contributed by atoms with Gasteiger partial charge in [0.05, 0.1) is 20.3 Å². The monoisotopic (exact) mass is 451 g/mol. The number of aromatic nitrogens is 2. The molecule has 0 saturated carbocycles. The molecule has 0 unspecified atom stereocenters. The van der Waals surface area contributed by atoms with Gasteiger partial charge in [-0.15, -0.1) is 0 Å². The summed E-state index contributed by atoms with van der Waals surface area (Å²) >= 11 is 5.46. The summed E-state index contributed by atoms with van der Waals surface area (Å²) in [6, 6.07) is 19.1. The molecule has 0 atom stereocenters. The fraction of sp³-hybridized carbons (Fsp3) is 0.261. The van der Waals surface area contributed by atoms with Gasteiger partial charge in [-0.3, -0.25) is 0 Å². The van der Waals surface area contributed by atoms with Crippen LogP contribution < -0.4 is 25.0 Å². The fourth-order valence-electron chi connectivity index (χ4n) is 3.16. The van der Waals surface area contributed by atoms with Gasteiger partial charge in [0.15, 0.2) is 5.11 Å². The van der Waals surface area contributed by atoms with Crippen LogP contribution in [0.1, 0.15) is 5.56 Å². The van der Waals surface area contributed by atoms with E-state index in [1.165, 1.54) is 0 Å². The predicted molar refractivity (Wildman–Crippen MR) is 128 cm³/mol. The molecule has 0 radical (unpaired) electrons. The quantitative estimate of drug-likeness (QED) is 0.524. The van der Waals surface area contributed by atoms with Gasteiger partial charge in [0.25, 0.3) is 0 Å². The lowest BCUT2D eigenvalue weighted by Crippen LogP contribution is -2.37. The standard InChI is InChI=1S/C23H25N5O3S/c1-29-18-9-7-17(8-10-18)16-24-23(32)27-22-25-20(28-11-13-30-14-12-28)15-21(26-22)31-19-5-3-2-4-6-19/h2-10,15H,11-14,16H2,1H3,(H2,24,25,26,27,32). The van der Waals surface area contributed by atoms with Crippen molar-refractivity contribution in [2.24, 2.45) is 0 Å². The SMILES string of the molecule is COc1ccc(CNC(=S)Nc2nc(Oc3ccccc3)cc(N3CCOCC3)n2)cc1. The van der Waals surface area contributed by atoms with Crippen molar-refractivity contribution in [3.63, 3.8) is 0 Å². The highest BCUT2D eigenvalue weighted by atomic mass is 32.1. The van der Waals surface area contributed by atoms with Crippen LogP contribution in [0.25, 0.3) is 0 Å². The molecule has 32 heavy (non-hydrogen) atoms. The number of benzene rings is 2. The van der Waals surface area contributed by atoms with Gasteiger partial charge in [0, 0.05) is 25.7 Å². The Balaban J connectivity index is 1.46. The van der Waals surface area contributed by atoms with Gasteiger partial charge in [-0.25, -0.2) is 0 Å². The minimum Gasteiger partial charge on any atom is -0.497 e. The van der Waals surface area contributed by atoms with Crippen LogP contribution in [0.3, 0.4) is 0 Å². The molecule has 0 bridgehead atoms. The zero-order valence-electron chi connectivity index (χ0n) is 17.8. The van der Waals surface area contributed by atoms with Crippen molar-refractivity contribution in [2.45, 2.75) is 6.54 Å². The second kappa shape index (κ2) is 10.7. The number of hydrogen-bond donors (Lipinski definition) is 2. The first kappa shape index (κ1) is 21.8. The van der Waals surface area contributed by atoms with Crippen LogP contribution in [0.5, 0.6) is 17.4 Å². The Morgan fingerprint density at radius 2 is 1.78 bits per heavy atom. The molecule has 3 aromatic rings. The summed E-state index contributed by atoms with van der Waals surface area (Å²) in [4.78, 5) is 11.3. The summed E-state index contributed by atoms with van der Waals surface area (Å²) in [5.74, 6) is 3.08. The Bertz CT molecular complexity index is 1030. The molecule has 0 spiro atoms. The molecular weight excluding hydrogens is 426 g/mol. The number of morpholine rings is 1.